The molecular weight excluding hydrogens is 306 g/mol. The first-order chi connectivity index (χ1) is 8.32. The molecule has 0 radical (unpaired) electrons. The Morgan fingerprint density at radius 1 is 1.61 bits per heavy atom. The number of nitro groups is 1. The molecule has 0 amide bonds. The van der Waals surface area contributed by atoms with Crippen molar-refractivity contribution in [2.75, 3.05) is 5.32 Å². The van der Waals surface area contributed by atoms with Gasteiger partial charge in [-0.2, -0.15) is 0 Å². The van der Waals surface area contributed by atoms with Gasteiger partial charge in [-0.25, -0.2) is 9.78 Å². The van der Waals surface area contributed by atoms with Crippen LogP contribution in [0.5, 0.6) is 0 Å². The zero-order valence-corrected chi connectivity index (χ0v) is 11.3. The minimum absolute atomic E-state index is 0.147. The molecule has 0 aliphatic carbocycles. The van der Waals surface area contributed by atoms with Crippen LogP contribution >= 0.6 is 15.9 Å². The first-order valence-electron chi connectivity index (χ1n) is 5.12. The Morgan fingerprint density at radius 3 is 2.61 bits per heavy atom. The summed E-state index contributed by atoms with van der Waals surface area (Å²) in [4.78, 5) is 24.8. The van der Waals surface area contributed by atoms with Crippen LogP contribution in [0.25, 0.3) is 0 Å². The van der Waals surface area contributed by atoms with Crippen LogP contribution in [0.3, 0.4) is 0 Å². The van der Waals surface area contributed by atoms with Crippen LogP contribution in [0, 0.1) is 16.0 Å². The highest BCUT2D eigenvalue weighted by Crippen LogP contribution is 2.25. The molecule has 0 fully saturated rings. The van der Waals surface area contributed by atoms with Crippen molar-refractivity contribution in [1.29, 1.82) is 0 Å². The zero-order chi connectivity index (χ0) is 13.9. The molecule has 0 saturated carbocycles. The van der Waals surface area contributed by atoms with Gasteiger partial charge in [-0.3, -0.25) is 10.1 Å². The minimum Gasteiger partial charge on any atom is -0.480 e. The van der Waals surface area contributed by atoms with Crippen LogP contribution in [-0.2, 0) is 4.79 Å². The molecule has 0 aliphatic rings. The number of aromatic nitrogens is 1. The third-order valence-corrected chi connectivity index (χ3v) is 2.87. The van der Waals surface area contributed by atoms with Crippen molar-refractivity contribution in [3.63, 3.8) is 0 Å². The third-order valence-electron chi connectivity index (χ3n) is 2.26. The van der Waals surface area contributed by atoms with E-state index in [-0.39, 0.29) is 17.4 Å². The first kappa shape index (κ1) is 14.4. The number of carboxylic acids is 1. The lowest BCUT2D eigenvalue weighted by Crippen LogP contribution is -2.34. The lowest BCUT2D eigenvalue weighted by atomic mass is 10.1. The molecule has 18 heavy (non-hydrogen) atoms. The summed E-state index contributed by atoms with van der Waals surface area (Å²) in [5, 5.41) is 22.3. The fourth-order valence-electron chi connectivity index (χ4n) is 1.29. The van der Waals surface area contributed by atoms with Gasteiger partial charge in [0.1, 0.15) is 18.1 Å². The number of halogens is 1. The second-order valence-electron chi connectivity index (χ2n) is 3.99. The molecule has 0 saturated heterocycles. The summed E-state index contributed by atoms with van der Waals surface area (Å²) < 4.78 is 0.351. The SMILES string of the molecule is CC(C)[C@H](Nc1ncc([N+](=O)[O-])cc1Br)C(=O)O. The molecule has 1 aromatic heterocycles. The number of hydrogen-bond donors (Lipinski definition) is 2. The topological polar surface area (TPSA) is 105 Å². The highest BCUT2D eigenvalue weighted by Gasteiger charge is 2.23. The molecule has 0 aliphatic heterocycles. The molecule has 1 aromatic rings. The Labute approximate surface area is 112 Å². The monoisotopic (exact) mass is 317 g/mol. The number of anilines is 1. The quantitative estimate of drug-likeness (QED) is 0.637. The van der Waals surface area contributed by atoms with E-state index < -0.39 is 16.9 Å². The second kappa shape index (κ2) is 5.76. The maximum absolute atomic E-state index is 11.0. The molecule has 0 unspecified atom stereocenters. The van der Waals surface area contributed by atoms with Gasteiger partial charge in [-0.1, -0.05) is 13.8 Å². The normalized spacial score (nSPS) is 12.2. The van der Waals surface area contributed by atoms with Gasteiger partial charge in [0.25, 0.3) is 5.69 Å². The summed E-state index contributed by atoms with van der Waals surface area (Å²) in [7, 11) is 0. The van der Waals surface area contributed by atoms with Crippen molar-refractivity contribution < 1.29 is 14.8 Å². The van der Waals surface area contributed by atoms with Crippen LogP contribution in [-0.4, -0.2) is 27.0 Å². The molecule has 8 heteroatoms. The molecule has 0 bridgehead atoms. The van der Waals surface area contributed by atoms with E-state index in [4.69, 9.17) is 5.11 Å². The molecule has 2 N–H and O–H groups in total. The minimum atomic E-state index is -1.00. The first-order valence-corrected chi connectivity index (χ1v) is 5.91. The number of rotatable bonds is 5. The summed E-state index contributed by atoms with van der Waals surface area (Å²) in [6.45, 7) is 3.51. The number of nitrogens with one attached hydrogen (secondary N) is 1. The standard InChI is InChI=1S/C10H12BrN3O4/c1-5(2)8(10(15)16)13-9-7(11)3-6(4-12-9)14(17)18/h3-5,8H,1-2H3,(H,12,13)(H,15,16)/t8-/m0/s1. The van der Waals surface area contributed by atoms with Gasteiger partial charge >= 0.3 is 5.97 Å². The molecule has 0 spiro atoms. The molecule has 1 rings (SSSR count). The fourth-order valence-corrected chi connectivity index (χ4v) is 1.75. The van der Waals surface area contributed by atoms with Gasteiger partial charge in [0, 0.05) is 6.07 Å². The summed E-state index contributed by atoms with van der Waals surface area (Å²) in [6.07, 6.45) is 1.08. The van der Waals surface area contributed by atoms with Gasteiger partial charge in [0.2, 0.25) is 0 Å². The smallest absolute Gasteiger partial charge is 0.326 e. The molecular formula is C10H12BrN3O4. The van der Waals surface area contributed by atoms with E-state index in [9.17, 15) is 14.9 Å². The van der Waals surface area contributed by atoms with E-state index in [1.807, 2.05) is 0 Å². The van der Waals surface area contributed by atoms with Crippen LogP contribution in [0.2, 0.25) is 0 Å². The molecule has 0 aromatic carbocycles. The highest BCUT2D eigenvalue weighted by atomic mass is 79.9. The highest BCUT2D eigenvalue weighted by molar-refractivity contribution is 9.10. The maximum Gasteiger partial charge on any atom is 0.326 e. The van der Waals surface area contributed by atoms with E-state index in [1.54, 1.807) is 13.8 Å². The van der Waals surface area contributed by atoms with Gasteiger partial charge in [-0.05, 0) is 21.8 Å². The third kappa shape index (κ3) is 3.39. The number of aliphatic carboxylic acids is 1. The largest absolute Gasteiger partial charge is 0.480 e. The average Bonchev–Trinajstić information content (AvgIpc) is 2.25. The number of carboxylic acid groups (broad SMARTS) is 1. The average molecular weight is 318 g/mol. The predicted octanol–water partition coefficient (Wildman–Crippen LogP) is 2.27. The summed E-state index contributed by atoms with van der Waals surface area (Å²) in [6, 6.07) is 0.462. The maximum atomic E-state index is 11.0. The Bertz CT molecular complexity index is 478. The molecule has 7 nitrogen and oxygen atoms in total. The van der Waals surface area contributed by atoms with Crippen LogP contribution in [0.15, 0.2) is 16.7 Å². The summed E-state index contributed by atoms with van der Waals surface area (Å²) in [5.41, 5.74) is -0.163. The summed E-state index contributed by atoms with van der Waals surface area (Å²) >= 11 is 3.12. The van der Waals surface area contributed by atoms with Gasteiger partial charge in [0.15, 0.2) is 0 Å². The van der Waals surface area contributed by atoms with Crippen molar-refractivity contribution in [3.05, 3.63) is 26.9 Å². The molecule has 98 valence electrons. The lowest BCUT2D eigenvalue weighted by Gasteiger charge is -2.18. The van der Waals surface area contributed by atoms with Crippen molar-refractivity contribution in [1.82, 2.24) is 4.98 Å². The van der Waals surface area contributed by atoms with Gasteiger partial charge in [-0.15, -0.1) is 0 Å². The van der Waals surface area contributed by atoms with E-state index >= 15 is 0 Å². The van der Waals surface area contributed by atoms with Crippen LogP contribution < -0.4 is 5.32 Å². The van der Waals surface area contributed by atoms with Crippen LogP contribution in [0.1, 0.15) is 13.8 Å². The van der Waals surface area contributed by atoms with E-state index in [0.29, 0.717) is 4.47 Å². The van der Waals surface area contributed by atoms with Crippen molar-refractivity contribution in [2.24, 2.45) is 5.92 Å². The Morgan fingerprint density at radius 2 is 2.22 bits per heavy atom. The fraction of sp³-hybridized carbons (Fsp3) is 0.400. The summed E-state index contributed by atoms with van der Waals surface area (Å²) in [5.74, 6) is -0.884. The van der Waals surface area contributed by atoms with Gasteiger partial charge < -0.3 is 10.4 Å². The van der Waals surface area contributed by atoms with E-state index in [2.05, 4.69) is 26.2 Å². The number of nitrogens with zero attached hydrogens (tertiary/aromatic N) is 2. The Hall–Kier alpha value is -1.70. The predicted molar refractivity (Wildman–Crippen MR) is 68.5 cm³/mol. The Balaban J connectivity index is 2.97. The van der Waals surface area contributed by atoms with Crippen molar-refractivity contribution in [2.45, 2.75) is 19.9 Å². The second-order valence-corrected chi connectivity index (χ2v) is 4.84. The van der Waals surface area contributed by atoms with Crippen molar-refractivity contribution >= 4 is 33.4 Å². The molecule has 1 atom stereocenters. The zero-order valence-electron chi connectivity index (χ0n) is 9.75. The van der Waals surface area contributed by atoms with E-state index in [0.717, 1.165) is 6.20 Å². The number of pyridine rings is 1. The number of hydrogen-bond acceptors (Lipinski definition) is 5. The number of carbonyl (C=O) groups is 1. The Kier molecular flexibility index (Phi) is 4.60. The van der Waals surface area contributed by atoms with E-state index in [1.165, 1.54) is 6.07 Å². The van der Waals surface area contributed by atoms with Crippen LogP contribution in [0.4, 0.5) is 11.5 Å². The van der Waals surface area contributed by atoms with Gasteiger partial charge in [0.05, 0.1) is 9.40 Å². The lowest BCUT2D eigenvalue weighted by molar-refractivity contribution is -0.385. The molecule has 1 heterocycles. The van der Waals surface area contributed by atoms with Crippen molar-refractivity contribution in [3.8, 4) is 0 Å².